The van der Waals surface area contributed by atoms with Gasteiger partial charge in [0.1, 0.15) is 5.75 Å². The number of nitrogens with one attached hydrogen (secondary N) is 2. The van der Waals surface area contributed by atoms with Gasteiger partial charge in [0, 0.05) is 41.5 Å². The number of hydrogen-bond donors (Lipinski definition) is 3. The number of phenolic OH excluding ortho intramolecular Hbond substituents is 1. The molecule has 6 heteroatoms. The zero-order valence-electron chi connectivity index (χ0n) is 15.4. The molecule has 2 aromatic heterocycles. The van der Waals surface area contributed by atoms with Crippen molar-refractivity contribution in [2.75, 3.05) is 0 Å². The highest BCUT2D eigenvalue weighted by Gasteiger charge is 2.16. The predicted molar refractivity (Wildman–Crippen MR) is 102 cm³/mol. The number of aromatic amines is 1. The summed E-state index contributed by atoms with van der Waals surface area (Å²) >= 11 is 0. The summed E-state index contributed by atoms with van der Waals surface area (Å²) in [4.78, 5) is 27.6. The quantitative estimate of drug-likeness (QED) is 0.673. The second-order valence-electron chi connectivity index (χ2n) is 6.87. The zero-order chi connectivity index (χ0) is 19.0. The van der Waals surface area contributed by atoms with Gasteiger partial charge < -0.3 is 20.0 Å². The largest absolute Gasteiger partial charge is 0.508 e. The van der Waals surface area contributed by atoms with E-state index in [0.29, 0.717) is 11.1 Å². The molecule has 0 aliphatic heterocycles. The number of aryl methyl sites for hydroxylation is 2. The minimum absolute atomic E-state index is 0.0348. The van der Waals surface area contributed by atoms with Gasteiger partial charge in [0.25, 0.3) is 11.5 Å². The van der Waals surface area contributed by atoms with Crippen molar-refractivity contribution in [3.63, 3.8) is 0 Å². The summed E-state index contributed by atoms with van der Waals surface area (Å²) in [7, 11) is 0. The van der Waals surface area contributed by atoms with Gasteiger partial charge in [-0.25, -0.2) is 0 Å². The van der Waals surface area contributed by atoms with E-state index in [-0.39, 0.29) is 29.8 Å². The van der Waals surface area contributed by atoms with E-state index >= 15 is 0 Å². The van der Waals surface area contributed by atoms with Gasteiger partial charge in [0.2, 0.25) is 0 Å². The van der Waals surface area contributed by atoms with Gasteiger partial charge in [0.15, 0.2) is 0 Å². The molecule has 3 aromatic rings. The molecule has 26 heavy (non-hydrogen) atoms. The van der Waals surface area contributed by atoms with Gasteiger partial charge in [0.05, 0.1) is 11.1 Å². The van der Waals surface area contributed by atoms with Gasteiger partial charge in [-0.2, -0.15) is 0 Å². The first-order valence-electron chi connectivity index (χ1n) is 8.59. The molecule has 0 spiro atoms. The molecule has 6 nitrogen and oxygen atoms in total. The van der Waals surface area contributed by atoms with E-state index in [1.165, 1.54) is 6.07 Å². The van der Waals surface area contributed by atoms with E-state index in [1.54, 1.807) is 6.07 Å². The summed E-state index contributed by atoms with van der Waals surface area (Å²) in [6.45, 7) is 7.87. The van der Waals surface area contributed by atoms with Crippen molar-refractivity contribution >= 4 is 16.8 Å². The highest BCUT2D eigenvalue weighted by Crippen LogP contribution is 2.28. The number of nitrogens with zero attached hydrogens (tertiary/aromatic N) is 1. The number of benzene rings is 1. The Balaban J connectivity index is 1.93. The van der Waals surface area contributed by atoms with Crippen LogP contribution in [-0.2, 0) is 6.54 Å². The maximum absolute atomic E-state index is 12.7. The molecule has 0 aliphatic rings. The molecular formula is C20H23N3O3. The lowest BCUT2D eigenvalue weighted by atomic mass is 10.1. The fourth-order valence-electron chi connectivity index (χ4n) is 3.25. The third-order valence-electron chi connectivity index (χ3n) is 4.54. The summed E-state index contributed by atoms with van der Waals surface area (Å²) < 4.78 is 2.00. The Labute approximate surface area is 151 Å². The van der Waals surface area contributed by atoms with Crippen LogP contribution in [-0.4, -0.2) is 20.6 Å². The normalized spacial score (nSPS) is 11.3. The molecule has 0 aliphatic carbocycles. The van der Waals surface area contributed by atoms with E-state index in [0.717, 1.165) is 22.2 Å². The highest BCUT2D eigenvalue weighted by molar-refractivity contribution is 6.07. The van der Waals surface area contributed by atoms with E-state index < -0.39 is 0 Å². The molecule has 2 heterocycles. The lowest BCUT2D eigenvalue weighted by Crippen LogP contribution is -2.28. The lowest BCUT2D eigenvalue weighted by Gasteiger charge is -2.12. The minimum Gasteiger partial charge on any atom is -0.508 e. The number of H-pyrrole nitrogens is 1. The van der Waals surface area contributed by atoms with E-state index in [4.69, 9.17) is 0 Å². The second kappa shape index (κ2) is 6.71. The van der Waals surface area contributed by atoms with Crippen LogP contribution in [0.25, 0.3) is 10.9 Å². The lowest BCUT2D eigenvalue weighted by molar-refractivity contribution is 0.0952. The van der Waals surface area contributed by atoms with Crippen LogP contribution in [0.1, 0.15) is 47.1 Å². The van der Waals surface area contributed by atoms with Gasteiger partial charge in [-0.3, -0.25) is 9.59 Å². The number of aromatic hydroxyl groups is 1. The Bertz CT molecular complexity index is 1040. The van der Waals surface area contributed by atoms with E-state index in [9.17, 15) is 14.7 Å². The number of pyridine rings is 1. The van der Waals surface area contributed by atoms with Gasteiger partial charge >= 0.3 is 0 Å². The minimum atomic E-state index is -0.327. The smallest absolute Gasteiger partial charge is 0.253 e. The van der Waals surface area contributed by atoms with E-state index in [2.05, 4.69) is 10.3 Å². The Kier molecular flexibility index (Phi) is 4.59. The van der Waals surface area contributed by atoms with Gasteiger partial charge in [-0.05, 0) is 51.5 Å². The summed E-state index contributed by atoms with van der Waals surface area (Å²) in [6.07, 6.45) is 1.90. The number of aromatic nitrogens is 2. The average Bonchev–Trinajstić information content (AvgIpc) is 2.96. The van der Waals surface area contributed by atoms with Crippen LogP contribution < -0.4 is 10.9 Å². The van der Waals surface area contributed by atoms with Crippen LogP contribution in [0, 0.1) is 13.8 Å². The second-order valence-corrected chi connectivity index (χ2v) is 6.87. The summed E-state index contributed by atoms with van der Waals surface area (Å²) in [6, 6.07) is 7.06. The summed E-state index contributed by atoms with van der Waals surface area (Å²) in [5.74, 6) is -0.292. The van der Waals surface area contributed by atoms with Crippen LogP contribution >= 0.6 is 0 Å². The third-order valence-corrected chi connectivity index (χ3v) is 4.54. The van der Waals surface area contributed by atoms with E-state index in [1.807, 2.05) is 50.6 Å². The molecule has 0 saturated heterocycles. The number of phenols is 1. The molecule has 0 bridgehead atoms. The van der Waals surface area contributed by atoms with Gasteiger partial charge in [-0.15, -0.1) is 0 Å². The first-order valence-corrected chi connectivity index (χ1v) is 8.59. The van der Waals surface area contributed by atoms with Crippen molar-refractivity contribution in [1.29, 1.82) is 0 Å². The van der Waals surface area contributed by atoms with Crippen LogP contribution in [0.4, 0.5) is 0 Å². The average molecular weight is 353 g/mol. The first kappa shape index (κ1) is 17.8. The number of carbonyl (C=O) groups excluding carboxylic acids is 1. The molecule has 0 unspecified atom stereocenters. The molecule has 136 valence electrons. The topological polar surface area (TPSA) is 87.1 Å². The molecule has 3 N–H and O–H groups in total. The molecule has 0 radical (unpaired) electrons. The third kappa shape index (κ3) is 3.22. The number of carbonyl (C=O) groups is 1. The Morgan fingerprint density at radius 3 is 2.65 bits per heavy atom. The molecular weight excluding hydrogens is 330 g/mol. The van der Waals surface area contributed by atoms with Crippen molar-refractivity contribution in [2.24, 2.45) is 0 Å². The highest BCUT2D eigenvalue weighted by atomic mass is 16.3. The van der Waals surface area contributed by atoms with Crippen molar-refractivity contribution in [3.05, 3.63) is 63.2 Å². The predicted octanol–water partition coefficient (Wildman–Crippen LogP) is 3.16. The first-order chi connectivity index (χ1) is 12.3. The Morgan fingerprint density at radius 1 is 1.27 bits per heavy atom. The number of amides is 1. The van der Waals surface area contributed by atoms with Crippen LogP contribution in [0.3, 0.4) is 0 Å². The van der Waals surface area contributed by atoms with Crippen LogP contribution in [0.2, 0.25) is 0 Å². The van der Waals surface area contributed by atoms with Crippen LogP contribution in [0.5, 0.6) is 5.75 Å². The maximum atomic E-state index is 12.7. The Morgan fingerprint density at radius 2 is 2.00 bits per heavy atom. The number of rotatable bonds is 4. The molecule has 1 amide bonds. The molecule has 0 saturated carbocycles. The van der Waals surface area contributed by atoms with Crippen molar-refractivity contribution in [1.82, 2.24) is 14.9 Å². The van der Waals surface area contributed by atoms with Crippen molar-refractivity contribution in [2.45, 2.75) is 40.3 Å². The monoisotopic (exact) mass is 353 g/mol. The van der Waals surface area contributed by atoms with Crippen molar-refractivity contribution < 1.29 is 9.90 Å². The number of hydrogen-bond acceptors (Lipinski definition) is 3. The maximum Gasteiger partial charge on any atom is 0.253 e. The fraction of sp³-hybridized carbons (Fsp3) is 0.300. The molecule has 0 fully saturated rings. The summed E-state index contributed by atoms with van der Waals surface area (Å²) in [5.41, 5.74) is 3.14. The summed E-state index contributed by atoms with van der Waals surface area (Å²) in [5, 5.41) is 13.6. The molecule has 3 rings (SSSR count). The Hall–Kier alpha value is -3.02. The van der Waals surface area contributed by atoms with Gasteiger partial charge in [-0.1, -0.05) is 0 Å². The molecule has 1 aromatic carbocycles. The van der Waals surface area contributed by atoms with Crippen LogP contribution in [0.15, 0.2) is 35.3 Å². The SMILES string of the molecule is Cc1cc(C)c(CNC(=O)c2cc(O)cc3c2ccn3C(C)C)c(=O)[nH]1. The standard InChI is InChI=1S/C20H23N3O3/c1-11(2)23-6-5-15-16(8-14(24)9-18(15)23)19(25)21-10-17-12(3)7-13(4)22-20(17)26/h5-9,11,24H,10H2,1-4H3,(H,21,25)(H,22,26). The fourth-order valence-corrected chi connectivity index (χ4v) is 3.25. The molecule has 0 atom stereocenters. The van der Waals surface area contributed by atoms with Crippen molar-refractivity contribution in [3.8, 4) is 5.75 Å². The zero-order valence-corrected chi connectivity index (χ0v) is 15.4. The number of fused-ring (bicyclic) bond motifs is 1.